The Morgan fingerprint density at radius 3 is 2.60 bits per heavy atom. The Morgan fingerprint density at radius 1 is 1.30 bits per heavy atom. The number of amides is 2. The molecule has 2 rings (SSSR count). The van der Waals surface area contributed by atoms with Crippen LogP contribution in [0.3, 0.4) is 0 Å². The van der Waals surface area contributed by atoms with E-state index in [0.29, 0.717) is 12.8 Å². The fraction of sp³-hybridized carbons (Fsp3) is 0.357. The fourth-order valence-corrected chi connectivity index (χ4v) is 2.17. The topological polar surface area (TPSA) is 70.2 Å². The first-order valence-corrected chi connectivity index (χ1v) is 6.90. The summed E-state index contributed by atoms with van der Waals surface area (Å²) in [5.74, 6) is -0.635. The third-order valence-electron chi connectivity index (χ3n) is 3.33. The van der Waals surface area contributed by atoms with Crippen LogP contribution in [0.1, 0.15) is 25.7 Å². The first-order valence-electron chi connectivity index (χ1n) is 6.49. The number of hydrogen-bond donors (Lipinski definition) is 3. The van der Waals surface area contributed by atoms with Crippen molar-refractivity contribution in [3.05, 3.63) is 36.7 Å². The van der Waals surface area contributed by atoms with Crippen LogP contribution in [0.2, 0.25) is 0 Å². The highest BCUT2D eigenvalue weighted by Crippen LogP contribution is 2.46. The van der Waals surface area contributed by atoms with Gasteiger partial charge in [0.15, 0.2) is 5.11 Å². The zero-order valence-electron chi connectivity index (χ0n) is 11.1. The Hall–Kier alpha value is -1.95. The van der Waals surface area contributed by atoms with Gasteiger partial charge in [0.25, 0.3) is 0 Å². The average molecular weight is 291 g/mol. The van der Waals surface area contributed by atoms with Crippen molar-refractivity contribution >= 4 is 29.1 Å². The van der Waals surface area contributed by atoms with Gasteiger partial charge >= 0.3 is 0 Å². The van der Waals surface area contributed by atoms with Gasteiger partial charge in [-0.1, -0.05) is 18.7 Å². The van der Waals surface area contributed by atoms with E-state index in [9.17, 15) is 9.59 Å². The molecule has 0 aromatic rings. The smallest absolute Gasteiger partial charge is 0.241 e. The van der Waals surface area contributed by atoms with Crippen molar-refractivity contribution in [3.63, 3.8) is 0 Å². The Kier molecular flexibility index (Phi) is 4.34. The van der Waals surface area contributed by atoms with Crippen LogP contribution in [-0.2, 0) is 9.59 Å². The third kappa shape index (κ3) is 3.14. The molecular weight excluding hydrogens is 274 g/mol. The summed E-state index contributed by atoms with van der Waals surface area (Å²) >= 11 is 4.91. The second-order valence-electron chi connectivity index (χ2n) is 4.81. The van der Waals surface area contributed by atoms with Crippen molar-refractivity contribution < 1.29 is 9.59 Å². The number of thiocarbonyl (C=S) groups is 1. The molecule has 3 N–H and O–H groups in total. The number of allylic oxidation sites excluding steroid dienone is 3. The molecule has 2 aliphatic carbocycles. The molecule has 106 valence electrons. The van der Waals surface area contributed by atoms with Gasteiger partial charge in [-0.05, 0) is 50.2 Å². The first kappa shape index (κ1) is 14.5. The molecule has 0 unspecified atom stereocenters. The summed E-state index contributed by atoms with van der Waals surface area (Å²) in [6.07, 6.45) is 10.1. The van der Waals surface area contributed by atoms with E-state index < -0.39 is 5.41 Å². The van der Waals surface area contributed by atoms with Crippen LogP contribution < -0.4 is 16.0 Å². The molecule has 1 saturated carbocycles. The van der Waals surface area contributed by atoms with E-state index in [1.807, 2.05) is 18.2 Å². The van der Waals surface area contributed by atoms with Crippen molar-refractivity contribution in [1.29, 1.82) is 0 Å². The molecule has 5 nitrogen and oxygen atoms in total. The number of carbonyl (C=O) groups is 2. The van der Waals surface area contributed by atoms with Gasteiger partial charge < -0.3 is 16.0 Å². The maximum absolute atomic E-state index is 12.2. The van der Waals surface area contributed by atoms with E-state index in [4.69, 9.17) is 12.2 Å². The zero-order valence-corrected chi connectivity index (χ0v) is 11.9. The van der Waals surface area contributed by atoms with Gasteiger partial charge in [-0.2, -0.15) is 0 Å². The molecule has 0 bridgehead atoms. The van der Waals surface area contributed by atoms with Gasteiger partial charge in [-0.25, -0.2) is 0 Å². The molecule has 0 atom stereocenters. The van der Waals surface area contributed by atoms with Crippen LogP contribution in [0.25, 0.3) is 0 Å². The van der Waals surface area contributed by atoms with Gasteiger partial charge in [0.1, 0.15) is 5.41 Å². The van der Waals surface area contributed by atoms with Gasteiger partial charge in [-0.15, -0.1) is 0 Å². The minimum atomic E-state index is -0.987. The molecule has 20 heavy (non-hydrogen) atoms. The minimum absolute atomic E-state index is 0.154. The van der Waals surface area contributed by atoms with E-state index in [-0.39, 0.29) is 16.9 Å². The van der Waals surface area contributed by atoms with Crippen molar-refractivity contribution in [2.75, 3.05) is 0 Å². The number of hydrogen-bond acceptors (Lipinski definition) is 3. The second-order valence-corrected chi connectivity index (χ2v) is 5.22. The van der Waals surface area contributed by atoms with E-state index in [0.717, 1.165) is 18.5 Å². The second kappa shape index (κ2) is 6.00. The normalized spacial score (nSPS) is 18.5. The molecule has 0 spiro atoms. The third-order valence-corrected chi connectivity index (χ3v) is 3.55. The molecule has 6 heteroatoms. The van der Waals surface area contributed by atoms with Crippen molar-refractivity contribution in [1.82, 2.24) is 16.0 Å². The standard InChI is InChI=1S/C14H17N3O2S/c1-2-15-13(20)17-12(19)14(8-9-14)11(18)16-10-6-4-3-5-7-10/h2,4,6-7H,1,3,5,8-9H2,(H,16,18)(H2,15,17,19,20). The van der Waals surface area contributed by atoms with E-state index in [2.05, 4.69) is 22.5 Å². The predicted octanol–water partition coefficient (Wildman–Crippen LogP) is 1.25. The number of nitrogens with one attached hydrogen (secondary N) is 3. The first-order chi connectivity index (χ1) is 9.58. The molecule has 0 heterocycles. The minimum Gasteiger partial charge on any atom is -0.340 e. The molecule has 0 aromatic carbocycles. The zero-order chi connectivity index (χ0) is 14.6. The summed E-state index contributed by atoms with van der Waals surface area (Å²) in [5, 5.41) is 8.07. The Bertz CT molecular complexity index is 519. The number of carbonyl (C=O) groups excluding carboxylic acids is 2. The van der Waals surface area contributed by atoms with Crippen LogP contribution in [0, 0.1) is 5.41 Å². The molecule has 0 aromatic heterocycles. The summed E-state index contributed by atoms with van der Waals surface area (Å²) in [4.78, 5) is 24.4. The summed E-state index contributed by atoms with van der Waals surface area (Å²) in [6, 6.07) is 0. The summed E-state index contributed by atoms with van der Waals surface area (Å²) in [6.45, 7) is 3.45. The molecule has 0 saturated heterocycles. The van der Waals surface area contributed by atoms with Crippen LogP contribution >= 0.6 is 12.2 Å². The largest absolute Gasteiger partial charge is 0.340 e. The van der Waals surface area contributed by atoms with Crippen LogP contribution in [0.15, 0.2) is 36.7 Å². The van der Waals surface area contributed by atoms with Crippen LogP contribution in [0.5, 0.6) is 0 Å². The average Bonchev–Trinajstić information content (AvgIpc) is 3.21. The maximum Gasteiger partial charge on any atom is 0.241 e. The highest BCUT2D eigenvalue weighted by Gasteiger charge is 2.56. The molecular formula is C14H17N3O2S. The summed E-state index contributed by atoms with van der Waals surface area (Å²) in [5.41, 5.74) is -0.230. The molecule has 0 radical (unpaired) electrons. The van der Waals surface area contributed by atoms with Gasteiger partial charge in [-0.3, -0.25) is 9.59 Å². The number of rotatable bonds is 4. The molecule has 2 amide bonds. The van der Waals surface area contributed by atoms with E-state index in [1.165, 1.54) is 6.20 Å². The lowest BCUT2D eigenvalue weighted by atomic mass is 10.0. The maximum atomic E-state index is 12.2. The van der Waals surface area contributed by atoms with Crippen molar-refractivity contribution in [2.24, 2.45) is 5.41 Å². The molecule has 1 fully saturated rings. The lowest BCUT2D eigenvalue weighted by Crippen LogP contribution is -2.46. The Balaban J connectivity index is 1.96. The van der Waals surface area contributed by atoms with Gasteiger partial charge in [0, 0.05) is 5.70 Å². The van der Waals surface area contributed by atoms with Crippen LogP contribution in [0.4, 0.5) is 0 Å². The van der Waals surface area contributed by atoms with E-state index >= 15 is 0 Å². The Morgan fingerprint density at radius 2 is 2.05 bits per heavy atom. The highest BCUT2D eigenvalue weighted by atomic mass is 32.1. The molecule has 2 aliphatic rings. The fourth-order valence-electron chi connectivity index (χ4n) is 1.99. The Labute approximate surface area is 123 Å². The lowest BCUT2D eigenvalue weighted by Gasteiger charge is -2.17. The lowest BCUT2D eigenvalue weighted by molar-refractivity contribution is -0.135. The van der Waals surface area contributed by atoms with Gasteiger partial charge in [0.05, 0.1) is 0 Å². The monoisotopic (exact) mass is 291 g/mol. The summed E-state index contributed by atoms with van der Waals surface area (Å²) in [7, 11) is 0. The highest BCUT2D eigenvalue weighted by molar-refractivity contribution is 7.80. The quantitative estimate of drug-likeness (QED) is 0.538. The van der Waals surface area contributed by atoms with Gasteiger partial charge in [0.2, 0.25) is 11.8 Å². The SMILES string of the molecule is C=CNC(=S)NC(=O)C1(C(=O)NC2=CCCC=C2)CC1. The summed E-state index contributed by atoms with van der Waals surface area (Å²) < 4.78 is 0. The van der Waals surface area contributed by atoms with Crippen LogP contribution in [-0.4, -0.2) is 16.9 Å². The molecule has 0 aliphatic heterocycles. The van der Waals surface area contributed by atoms with Crippen molar-refractivity contribution in [3.8, 4) is 0 Å². The van der Waals surface area contributed by atoms with E-state index in [1.54, 1.807) is 0 Å². The van der Waals surface area contributed by atoms with Crippen molar-refractivity contribution in [2.45, 2.75) is 25.7 Å². The predicted molar refractivity (Wildman–Crippen MR) is 80.3 cm³/mol.